The molecule has 0 radical (unpaired) electrons. The van der Waals surface area contributed by atoms with Crippen molar-refractivity contribution in [2.24, 2.45) is 5.92 Å². The van der Waals surface area contributed by atoms with Crippen molar-refractivity contribution in [3.63, 3.8) is 0 Å². The van der Waals surface area contributed by atoms with Gasteiger partial charge in [0.1, 0.15) is 0 Å². The minimum atomic E-state index is -0.366. The normalized spacial score (nSPS) is 34.5. The Morgan fingerprint density at radius 1 is 1.28 bits per heavy atom. The average Bonchev–Trinajstić information content (AvgIpc) is 2.73. The summed E-state index contributed by atoms with van der Waals surface area (Å²) in [5.41, 5.74) is -0.366. The Balaban J connectivity index is 1.93. The molecule has 0 aromatic heterocycles. The zero-order chi connectivity index (χ0) is 13.0. The van der Waals surface area contributed by atoms with Gasteiger partial charge in [-0.2, -0.15) is 0 Å². The van der Waals surface area contributed by atoms with Gasteiger partial charge in [-0.05, 0) is 38.1 Å². The topological polar surface area (TPSA) is 23.5 Å². The number of nitrogens with zero attached hydrogens (tertiary/aromatic N) is 1. The molecular formula is C16H31NO. The fourth-order valence-electron chi connectivity index (χ4n) is 4.05. The Morgan fingerprint density at radius 2 is 2.11 bits per heavy atom. The molecular weight excluding hydrogens is 222 g/mol. The second-order valence-electron chi connectivity index (χ2n) is 6.52. The third-order valence-electron chi connectivity index (χ3n) is 5.25. The summed E-state index contributed by atoms with van der Waals surface area (Å²) >= 11 is 0. The number of unbranched alkanes of at least 4 members (excludes halogenated alkanes) is 1. The van der Waals surface area contributed by atoms with E-state index in [1.807, 2.05) is 0 Å². The van der Waals surface area contributed by atoms with E-state index in [1.54, 1.807) is 0 Å². The summed E-state index contributed by atoms with van der Waals surface area (Å²) in [5.74, 6) is 0.733. The highest BCUT2D eigenvalue weighted by Gasteiger charge is 2.47. The van der Waals surface area contributed by atoms with Gasteiger partial charge in [-0.1, -0.05) is 46.0 Å². The lowest BCUT2D eigenvalue weighted by Crippen LogP contribution is -2.47. The third-order valence-corrected chi connectivity index (χ3v) is 5.25. The van der Waals surface area contributed by atoms with Crippen molar-refractivity contribution in [2.45, 2.75) is 83.3 Å². The van der Waals surface area contributed by atoms with Crippen molar-refractivity contribution in [2.75, 3.05) is 13.1 Å². The number of rotatable bonds is 6. The summed E-state index contributed by atoms with van der Waals surface area (Å²) in [6.07, 6.45) is 11.1. The summed E-state index contributed by atoms with van der Waals surface area (Å²) in [6.45, 7) is 6.90. The zero-order valence-corrected chi connectivity index (χ0v) is 12.3. The van der Waals surface area contributed by atoms with Gasteiger partial charge in [-0.25, -0.2) is 0 Å². The smallest absolute Gasteiger partial charge is 0.0817 e. The third kappa shape index (κ3) is 3.08. The monoisotopic (exact) mass is 253 g/mol. The first-order valence-electron chi connectivity index (χ1n) is 8.16. The van der Waals surface area contributed by atoms with Crippen molar-refractivity contribution in [3.8, 4) is 0 Å². The van der Waals surface area contributed by atoms with E-state index < -0.39 is 0 Å². The maximum Gasteiger partial charge on any atom is 0.0817 e. The molecule has 2 nitrogen and oxygen atoms in total. The van der Waals surface area contributed by atoms with Gasteiger partial charge >= 0.3 is 0 Å². The van der Waals surface area contributed by atoms with Crippen LogP contribution in [0.2, 0.25) is 0 Å². The van der Waals surface area contributed by atoms with E-state index in [9.17, 15) is 5.11 Å². The Bertz CT molecular complexity index is 255. The Kier molecular flexibility index (Phi) is 5.08. The van der Waals surface area contributed by atoms with Crippen molar-refractivity contribution < 1.29 is 5.11 Å². The van der Waals surface area contributed by atoms with Gasteiger partial charge in [0, 0.05) is 12.6 Å². The summed E-state index contributed by atoms with van der Waals surface area (Å²) in [5, 5.41) is 11.0. The first-order valence-corrected chi connectivity index (χ1v) is 8.16. The van der Waals surface area contributed by atoms with Gasteiger partial charge in [-0.3, -0.25) is 4.90 Å². The van der Waals surface area contributed by atoms with E-state index in [1.165, 1.54) is 51.5 Å². The van der Waals surface area contributed by atoms with E-state index in [0.717, 1.165) is 25.3 Å². The lowest BCUT2D eigenvalue weighted by atomic mass is 9.79. The highest BCUT2D eigenvalue weighted by Crippen LogP contribution is 2.40. The molecule has 3 atom stereocenters. The van der Waals surface area contributed by atoms with Gasteiger partial charge in [0.2, 0.25) is 0 Å². The van der Waals surface area contributed by atoms with Crippen LogP contribution in [-0.2, 0) is 0 Å². The molecule has 0 aromatic carbocycles. The largest absolute Gasteiger partial charge is 0.388 e. The van der Waals surface area contributed by atoms with Crippen LogP contribution in [-0.4, -0.2) is 34.7 Å². The van der Waals surface area contributed by atoms with Gasteiger partial charge < -0.3 is 5.11 Å². The standard InChI is InChI=1S/C16H31NO/c1-3-5-8-14(4-2)13-16(18)10-12-17-11-7-6-9-15(16)17/h14-15,18H,3-13H2,1-2H3. The molecule has 0 amide bonds. The minimum absolute atomic E-state index is 0.366. The second-order valence-corrected chi connectivity index (χ2v) is 6.52. The average molecular weight is 253 g/mol. The highest BCUT2D eigenvalue weighted by molar-refractivity contribution is 5.01. The molecule has 2 rings (SSSR count). The molecule has 2 saturated heterocycles. The van der Waals surface area contributed by atoms with Gasteiger partial charge in [-0.15, -0.1) is 0 Å². The van der Waals surface area contributed by atoms with Gasteiger partial charge in [0.05, 0.1) is 5.60 Å². The SMILES string of the molecule is CCCCC(CC)CC1(O)CCN2CCCCC21. The fraction of sp³-hybridized carbons (Fsp3) is 1.00. The van der Waals surface area contributed by atoms with Crippen LogP contribution < -0.4 is 0 Å². The molecule has 3 unspecified atom stereocenters. The van der Waals surface area contributed by atoms with Crippen LogP contribution in [0.4, 0.5) is 0 Å². The molecule has 0 spiro atoms. The summed E-state index contributed by atoms with van der Waals surface area (Å²) < 4.78 is 0. The van der Waals surface area contributed by atoms with E-state index in [4.69, 9.17) is 0 Å². The Morgan fingerprint density at radius 3 is 2.83 bits per heavy atom. The van der Waals surface area contributed by atoms with Crippen LogP contribution in [0.15, 0.2) is 0 Å². The Hall–Kier alpha value is -0.0800. The molecule has 2 aliphatic heterocycles. The lowest BCUT2D eigenvalue weighted by molar-refractivity contribution is -0.0293. The highest BCUT2D eigenvalue weighted by atomic mass is 16.3. The lowest BCUT2D eigenvalue weighted by Gasteiger charge is -2.39. The number of fused-ring (bicyclic) bond motifs is 1. The minimum Gasteiger partial charge on any atom is -0.388 e. The molecule has 2 fully saturated rings. The molecule has 2 heterocycles. The van der Waals surface area contributed by atoms with E-state index in [-0.39, 0.29) is 5.60 Å². The summed E-state index contributed by atoms with van der Waals surface area (Å²) in [7, 11) is 0. The fourth-order valence-corrected chi connectivity index (χ4v) is 4.05. The number of aliphatic hydroxyl groups is 1. The molecule has 0 aromatic rings. The maximum atomic E-state index is 11.0. The van der Waals surface area contributed by atoms with E-state index in [2.05, 4.69) is 18.7 Å². The van der Waals surface area contributed by atoms with Gasteiger partial charge in [0.15, 0.2) is 0 Å². The van der Waals surface area contributed by atoms with Crippen LogP contribution in [0.25, 0.3) is 0 Å². The van der Waals surface area contributed by atoms with Crippen LogP contribution in [0.5, 0.6) is 0 Å². The molecule has 106 valence electrons. The van der Waals surface area contributed by atoms with Crippen LogP contribution in [0, 0.1) is 5.92 Å². The first-order chi connectivity index (χ1) is 8.69. The van der Waals surface area contributed by atoms with Gasteiger partial charge in [0.25, 0.3) is 0 Å². The summed E-state index contributed by atoms with van der Waals surface area (Å²) in [6, 6.07) is 0.474. The van der Waals surface area contributed by atoms with Crippen molar-refractivity contribution in [1.29, 1.82) is 0 Å². The van der Waals surface area contributed by atoms with Crippen molar-refractivity contribution in [1.82, 2.24) is 4.90 Å². The second kappa shape index (κ2) is 6.38. The molecule has 2 heteroatoms. The summed E-state index contributed by atoms with van der Waals surface area (Å²) in [4.78, 5) is 2.55. The van der Waals surface area contributed by atoms with E-state index in [0.29, 0.717) is 6.04 Å². The van der Waals surface area contributed by atoms with Crippen molar-refractivity contribution >= 4 is 0 Å². The van der Waals surface area contributed by atoms with Crippen LogP contribution >= 0.6 is 0 Å². The number of hydrogen-bond donors (Lipinski definition) is 1. The molecule has 2 aliphatic rings. The predicted octanol–water partition coefficient (Wildman–Crippen LogP) is 3.58. The number of hydrogen-bond acceptors (Lipinski definition) is 2. The van der Waals surface area contributed by atoms with Crippen molar-refractivity contribution in [3.05, 3.63) is 0 Å². The number of piperidine rings is 1. The quantitative estimate of drug-likeness (QED) is 0.782. The molecule has 1 N–H and O–H groups in total. The molecule has 0 saturated carbocycles. The van der Waals surface area contributed by atoms with Crippen LogP contribution in [0.3, 0.4) is 0 Å². The zero-order valence-electron chi connectivity index (χ0n) is 12.3. The van der Waals surface area contributed by atoms with E-state index >= 15 is 0 Å². The predicted molar refractivity (Wildman–Crippen MR) is 76.7 cm³/mol. The van der Waals surface area contributed by atoms with Crippen LogP contribution in [0.1, 0.15) is 71.6 Å². The molecule has 0 bridgehead atoms. The molecule has 0 aliphatic carbocycles. The first kappa shape index (κ1) is 14.3. The maximum absolute atomic E-state index is 11.0. The molecule has 18 heavy (non-hydrogen) atoms. The Labute approximate surface area is 113 Å².